The Kier molecular flexibility index (Phi) is 6.18. The molecule has 2 aromatic rings. The van der Waals surface area contributed by atoms with Crippen molar-refractivity contribution in [3.8, 4) is 23.0 Å². The lowest BCUT2D eigenvalue weighted by molar-refractivity contribution is 0.104. The molecule has 7 heteroatoms. The van der Waals surface area contributed by atoms with Crippen LogP contribution in [0.25, 0.3) is 6.08 Å². The van der Waals surface area contributed by atoms with E-state index in [0.717, 1.165) is 19.6 Å². The minimum Gasteiger partial charge on any atom is -0.494 e. The van der Waals surface area contributed by atoms with Crippen molar-refractivity contribution in [1.82, 2.24) is 4.90 Å². The molecule has 4 rings (SSSR count). The van der Waals surface area contributed by atoms with Gasteiger partial charge in [0.25, 0.3) is 0 Å². The molecule has 0 N–H and O–H groups in total. The van der Waals surface area contributed by atoms with E-state index in [2.05, 4.69) is 4.90 Å². The molecular weight excluding hydrogens is 389 g/mol. The predicted octanol–water partition coefficient (Wildman–Crippen LogP) is 3.93. The van der Waals surface area contributed by atoms with Crippen molar-refractivity contribution in [2.24, 2.45) is 0 Å². The Morgan fingerprint density at radius 1 is 1.13 bits per heavy atom. The number of halogens is 1. The van der Waals surface area contributed by atoms with Crippen molar-refractivity contribution in [2.75, 3.05) is 40.1 Å². The van der Waals surface area contributed by atoms with E-state index >= 15 is 0 Å². The summed E-state index contributed by atoms with van der Waals surface area (Å²) in [6.07, 6.45) is 5.38. The topological polar surface area (TPSA) is 57.2 Å². The van der Waals surface area contributed by atoms with Gasteiger partial charge in [-0.2, -0.15) is 0 Å². The largest absolute Gasteiger partial charge is 0.494 e. The lowest BCUT2D eigenvalue weighted by Gasteiger charge is -2.16. The van der Waals surface area contributed by atoms with E-state index in [0.29, 0.717) is 35.0 Å². The van der Waals surface area contributed by atoms with Crippen LogP contribution in [0.15, 0.2) is 36.4 Å². The molecule has 0 saturated carbocycles. The number of carbonyl (C=O) groups excluding carboxylic acids is 1. The highest BCUT2D eigenvalue weighted by atomic mass is 19.1. The quantitative estimate of drug-likeness (QED) is 0.483. The molecule has 2 aliphatic heterocycles. The standard InChI is InChI=1S/C23H24FNO5/c1-27-20-7-5-16(12-18(20)24)4-6-19(26)17-13-22-23(30-15-29-22)14-21(17)28-11-10-25-8-2-3-9-25/h4-7,12-14H,2-3,8-11,15H2,1H3/b6-4+. The predicted molar refractivity (Wildman–Crippen MR) is 110 cm³/mol. The lowest BCUT2D eigenvalue weighted by atomic mass is 10.1. The smallest absolute Gasteiger partial charge is 0.231 e. The molecular formula is C23H24FNO5. The molecule has 30 heavy (non-hydrogen) atoms. The first-order chi connectivity index (χ1) is 14.6. The average molecular weight is 413 g/mol. The fourth-order valence-electron chi connectivity index (χ4n) is 3.57. The number of fused-ring (bicyclic) bond motifs is 1. The van der Waals surface area contributed by atoms with E-state index < -0.39 is 5.82 Å². The summed E-state index contributed by atoms with van der Waals surface area (Å²) in [7, 11) is 1.41. The first-order valence-corrected chi connectivity index (χ1v) is 9.99. The van der Waals surface area contributed by atoms with Gasteiger partial charge in [-0.15, -0.1) is 0 Å². The summed E-state index contributed by atoms with van der Waals surface area (Å²) in [5.41, 5.74) is 0.935. The Balaban J connectivity index is 1.50. The molecule has 0 amide bonds. The molecule has 158 valence electrons. The molecule has 1 fully saturated rings. The minimum atomic E-state index is -0.485. The van der Waals surface area contributed by atoms with Gasteiger partial charge in [-0.1, -0.05) is 12.1 Å². The Bertz CT molecular complexity index is 953. The Morgan fingerprint density at radius 3 is 2.63 bits per heavy atom. The number of ketones is 1. The molecule has 6 nitrogen and oxygen atoms in total. The summed E-state index contributed by atoms with van der Waals surface area (Å²) >= 11 is 0. The van der Waals surface area contributed by atoms with Crippen LogP contribution in [0, 0.1) is 5.82 Å². The normalized spacial score (nSPS) is 15.7. The van der Waals surface area contributed by atoms with E-state index in [9.17, 15) is 9.18 Å². The van der Waals surface area contributed by atoms with E-state index in [1.807, 2.05) is 0 Å². The number of methoxy groups -OCH3 is 1. The van der Waals surface area contributed by atoms with Gasteiger partial charge in [-0.05, 0) is 55.8 Å². The molecule has 0 aliphatic carbocycles. The highest BCUT2D eigenvalue weighted by molar-refractivity contribution is 6.09. The zero-order valence-electron chi connectivity index (χ0n) is 16.9. The number of hydrogen-bond acceptors (Lipinski definition) is 6. The van der Waals surface area contributed by atoms with Crippen LogP contribution < -0.4 is 18.9 Å². The van der Waals surface area contributed by atoms with Gasteiger partial charge >= 0.3 is 0 Å². The fourth-order valence-corrected chi connectivity index (χ4v) is 3.57. The Hall–Kier alpha value is -3.06. The minimum absolute atomic E-state index is 0.112. The van der Waals surface area contributed by atoms with Gasteiger partial charge in [0.15, 0.2) is 28.8 Å². The van der Waals surface area contributed by atoms with Crippen molar-refractivity contribution in [3.63, 3.8) is 0 Å². The maximum absolute atomic E-state index is 13.9. The van der Waals surface area contributed by atoms with Crippen LogP contribution in [-0.2, 0) is 0 Å². The van der Waals surface area contributed by atoms with Gasteiger partial charge in [-0.25, -0.2) is 4.39 Å². The lowest BCUT2D eigenvalue weighted by Crippen LogP contribution is -2.25. The third-order valence-corrected chi connectivity index (χ3v) is 5.21. The molecule has 2 aliphatic rings. The monoisotopic (exact) mass is 413 g/mol. The van der Waals surface area contributed by atoms with Gasteiger partial charge in [0.05, 0.1) is 12.7 Å². The van der Waals surface area contributed by atoms with E-state index in [4.69, 9.17) is 18.9 Å². The summed E-state index contributed by atoms with van der Waals surface area (Å²) in [4.78, 5) is 15.2. The molecule has 0 bridgehead atoms. The van der Waals surface area contributed by atoms with Crippen molar-refractivity contribution in [1.29, 1.82) is 0 Å². The van der Waals surface area contributed by atoms with Crippen LogP contribution in [0.4, 0.5) is 4.39 Å². The van der Waals surface area contributed by atoms with Crippen LogP contribution in [0.3, 0.4) is 0 Å². The molecule has 1 saturated heterocycles. The van der Waals surface area contributed by atoms with E-state index in [1.54, 1.807) is 24.3 Å². The zero-order valence-corrected chi connectivity index (χ0v) is 16.9. The second-order valence-electron chi connectivity index (χ2n) is 7.19. The van der Waals surface area contributed by atoms with Gasteiger partial charge < -0.3 is 18.9 Å². The third kappa shape index (κ3) is 4.57. The van der Waals surface area contributed by atoms with Crippen LogP contribution in [0.2, 0.25) is 0 Å². The molecule has 0 atom stereocenters. The molecule has 0 aromatic heterocycles. The first-order valence-electron chi connectivity index (χ1n) is 9.99. The first kappa shape index (κ1) is 20.2. The van der Waals surface area contributed by atoms with Crippen LogP contribution in [-0.4, -0.2) is 50.8 Å². The van der Waals surface area contributed by atoms with Crippen molar-refractivity contribution < 1.29 is 28.1 Å². The number of hydrogen-bond donors (Lipinski definition) is 0. The van der Waals surface area contributed by atoms with Crippen molar-refractivity contribution in [2.45, 2.75) is 12.8 Å². The molecule has 0 radical (unpaired) electrons. The van der Waals surface area contributed by atoms with E-state index in [-0.39, 0.29) is 18.3 Å². The number of allylic oxidation sites excluding steroid dienone is 1. The van der Waals surface area contributed by atoms with Crippen LogP contribution in [0.1, 0.15) is 28.8 Å². The van der Waals surface area contributed by atoms with Gasteiger partial charge in [-0.3, -0.25) is 9.69 Å². The number of ether oxygens (including phenoxy) is 4. The van der Waals surface area contributed by atoms with Gasteiger partial charge in [0.2, 0.25) is 6.79 Å². The Morgan fingerprint density at radius 2 is 1.90 bits per heavy atom. The summed E-state index contributed by atoms with van der Waals surface area (Å²) < 4.78 is 35.6. The fraction of sp³-hybridized carbons (Fsp3) is 0.348. The van der Waals surface area contributed by atoms with Gasteiger partial charge in [0, 0.05) is 12.6 Å². The molecule has 2 aromatic carbocycles. The zero-order chi connectivity index (χ0) is 20.9. The van der Waals surface area contributed by atoms with Crippen LogP contribution in [0.5, 0.6) is 23.0 Å². The number of nitrogens with zero attached hydrogens (tertiary/aromatic N) is 1. The summed E-state index contributed by atoms with van der Waals surface area (Å²) in [6.45, 7) is 3.56. The third-order valence-electron chi connectivity index (χ3n) is 5.21. The van der Waals surface area contributed by atoms with Crippen LogP contribution >= 0.6 is 0 Å². The maximum Gasteiger partial charge on any atom is 0.231 e. The highest BCUT2D eigenvalue weighted by Gasteiger charge is 2.21. The molecule has 2 heterocycles. The second-order valence-corrected chi connectivity index (χ2v) is 7.19. The SMILES string of the molecule is COc1ccc(/C=C/C(=O)c2cc3c(cc2OCCN2CCCC2)OCO3)cc1F. The summed E-state index contributed by atoms with van der Waals surface area (Å²) in [5, 5.41) is 0. The number of benzene rings is 2. The second kappa shape index (κ2) is 9.17. The van der Waals surface area contributed by atoms with E-state index in [1.165, 1.54) is 38.2 Å². The summed E-state index contributed by atoms with van der Waals surface area (Å²) in [5.74, 6) is 0.928. The summed E-state index contributed by atoms with van der Waals surface area (Å²) in [6, 6.07) is 7.84. The molecule has 0 spiro atoms. The number of rotatable bonds is 8. The van der Waals surface area contributed by atoms with Crippen molar-refractivity contribution >= 4 is 11.9 Å². The highest BCUT2D eigenvalue weighted by Crippen LogP contribution is 2.38. The Labute approximate surface area is 174 Å². The van der Waals surface area contributed by atoms with Gasteiger partial charge in [0.1, 0.15) is 12.4 Å². The number of carbonyl (C=O) groups is 1. The number of likely N-dealkylation sites (tertiary alicyclic amines) is 1. The molecule has 0 unspecified atom stereocenters. The maximum atomic E-state index is 13.9. The average Bonchev–Trinajstić information content (AvgIpc) is 3.43. The van der Waals surface area contributed by atoms with Crippen molar-refractivity contribution in [3.05, 3.63) is 53.4 Å².